The van der Waals surface area contributed by atoms with E-state index >= 15 is 0 Å². The van der Waals surface area contributed by atoms with Gasteiger partial charge in [-0.15, -0.1) is 0 Å². The molecule has 14 nitrogen and oxygen atoms in total. The van der Waals surface area contributed by atoms with Crippen LogP contribution in [0.1, 0.15) is 63.6 Å². The van der Waals surface area contributed by atoms with Crippen LogP contribution in [0.25, 0.3) is 0 Å². The molecule has 0 unspecified atom stereocenters. The number of amides is 2. The number of nitrogens with zero attached hydrogens (tertiary/aromatic N) is 1. The minimum absolute atomic E-state index is 0.0274. The molecule has 1 saturated carbocycles. The van der Waals surface area contributed by atoms with E-state index in [4.69, 9.17) is 23.8 Å². The minimum Gasteiger partial charge on any atom is -0.460 e. The molecule has 5 aliphatic rings. The molecule has 1 spiro atoms. The van der Waals surface area contributed by atoms with Gasteiger partial charge in [0, 0.05) is 29.3 Å². The van der Waals surface area contributed by atoms with E-state index in [0.717, 1.165) is 20.3 Å². The molecule has 3 saturated heterocycles. The van der Waals surface area contributed by atoms with Gasteiger partial charge in [0.25, 0.3) is 0 Å². The molecule has 2 aliphatic carbocycles. The van der Waals surface area contributed by atoms with Gasteiger partial charge in [-0.2, -0.15) is 5.06 Å². The number of aliphatic hydroxyl groups excluding tert-OH is 2. The second-order valence-corrected chi connectivity index (χ2v) is 17.0. The number of ether oxygens (including phenoxy) is 4. The quantitative estimate of drug-likeness (QED) is 0.191. The second kappa shape index (κ2) is 14.5. The number of carbonyl (C=O) groups is 4. The van der Waals surface area contributed by atoms with Gasteiger partial charge in [0.1, 0.15) is 41.5 Å². The van der Waals surface area contributed by atoms with Gasteiger partial charge in [-0.05, 0) is 85.5 Å². The highest BCUT2D eigenvalue weighted by atomic mass is 127. The fourth-order valence-corrected chi connectivity index (χ4v) is 9.05. The van der Waals surface area contributed by atoms with E-state index in [9.17, 15) is 29.4 Å². The van der Waals surface area contributed by atoms with Crippen molar-refractivity contribution in [1.82, 2.24) is 15.7 Å². The highest BCUT2D eigenvalue weighted by Crippen LogP contribution is 2.58. The molecule has 3 aliphatic heterocycles. The zero-order valence-corrected chi connectivity index (χ0v) is 32.2. The lowest BCUT2D eigenvalue weighted by atomic mass is 9.62. The Balaban J connectivity index is 1.16. The Morgan fingerprint density at radius 3 is 2.40 bits per heavy atom. The van der Waals surface area contributed by atoms with Crippen LogP contribution >= 0.6 is 22.6 Å². The molecule has 3 heterocycles. The summed E-state index contributed by atoms with van der Waals surface area (Å²) in [5.74, 6) is -3.66. The summed E-state index contributed by atoms with van der Waals surface area (Å²) >= 11 is 2.20. The molecule has 2 aromatic rings. The minimum atomic E-state index is -1.59. The van der Waals surface area contributed by atoms with Crippen LogP contribution in [0.4, 0.5) is 0 Å². The van der Waals surface area contributed by atoms with Gasteiger partial charge in [-0.1, -0.05) is 36.4 Å². The van der Waals surface area contributed by atoms with Crippen LogP contribution in [0.5, 0.6) is 0 Å². The lowest BCUT2D eigenvalue weighted by Crippen LogP contribution is -2.71. The summed E-state index contributed by atoms with van der Waals surface area (Å²) in [6, 6.07) is 12.1. The molecule has 9 atom stereocenters. The van der Waals surface area contributed by atoms with E-state index in [2.05, 4.69) is 33.2 Å². The van der Waals surface area contributed by atoms with E-state index in [0.29, 0.717) is 12.8 Å². The molecule has 0 aromatic heterocycles. The van der Waals surface area contributed by atoms with Gasteiger partial charge in [-0.3, -0.25) is 24.0 Å². The monoisotopic (exact) mass is 847 g/mol. The van der Waals surface area contributed by atoms with Gasteiger partial charge in [-0.25, -0.2) is 0 Å². The summed E-state index contributed by atoms with van der Waals surface area (Å²) in [6.07, 6.45) is -3.80. The van der Waals surface area contributed by atoms with Crippen LogP contribution in [-0.4, -0.2) is 106 Å². The normalized spacial score (nSPS) is 29.8. The van der Waals surface area contributed by atoms with Crippen LogP contribution < -0.4 is 10.6 Å². The van der Waals surface area contributed by atoms with E-state index in [1.807, 2.05) is 48.5 Å². The van der Waals surface area contributed by atoms with Gasteiger partial charge >= 0.3 is 11.9 Å². The lowest BCUT2D eigenvalue weighted by Gasteiger charge is -2.49. The van der Waals surface area contributed by atoms with Crippen molar-refractivity contribution in [3.05, 3.63) is 68.8 Å². The maximum Gasteiger partial charge on any atom is 0.327 e. The van der Waals surface area contributed by atoms with E-state index in [1.54, 1.807) is 20.8 Å². The van der Waals surface area contributed by atoms with E-state index < -0.39 is 95.8 Å². The number of carbonyl (C=O) groups excluding carboxylic acids is 4. The largest absolute Gasteiger partial charge is 0.460 e. The van der Waals surface area contributed by atoms with Gasteiger partial charge in [0.2, 0.25) is 11.8 Å². The molecule has 2 aromatic carbocycles. The highest BCUT2D eigenvalue weighted by Gasteiger charge is 2.76. The summed E-state index contributed by atoms with van der Waals surface area (Å²) in [5.41, 5.74) is 0.719. The molecule has 15 heteroatoms. The number of benzene rings is 2. The Bertz CT molecular complexity index is 1740. The number of esters is 2. The summed E-state index contributed by atoms with van der Waals surface area (Å²) in [4.78, 5) is 61.5. The first-order valence-electron chi connectivity index (χ1n) is 18.0. The van der Waals surface area contributed by atoms with Crippen LogP contribution in [0, 0.1) is 8.99 Å². The third-order valence-corrected chi connectivity index (χ3v) is 11.3. The Kier molecular flexibility index (Phi) is 10.4. The maximum absolute atomic E-state index is 14.9. The van der Waals surface area contributed by atoms with Crippen LogP contribution in [0.2, 0.25) is 0 Å². The highest BCUT2D eigenvalue weighted by molar-refractivity contribution is 14.1. The second-order valence-electron chi connectivity index (χ2n) is 15.8. The van der Waals surface area contributed by atoms with E-state index in [-0.39, 0.29) is 25.8 Å². The number of nitrogens with one attached hydrogen (secondary N) is 2. The summed E-state index contributed by atoms with van der Waals surface area (Å²) < 4.78 is 25.8. The van der Waals surface area contributed by atoms with Crippen molar-refractivity contribution in [2.45, 2.75) is 126 Å². The molecule has 53 heavy (non-hydrogen) atoms. The van der Waals surface area contributed by atoms with Crippen molar-refractivity contribution < 1.29 is 53.2 Å². The van der Waals surface area contributed by atoms with Crippen molar-refractivity contribution in [3.8, 4) is 0 Å². The Hall–Kier alpha value is -3.19. The first-order chi connectivity index (χ1) is 25.1. The van der Waals surface area contributed by atoms with Gasteiger partial charge in [0.05, 0.1) is 25.3 Å². The van der Waals surface area contributed by atoms with Gasteiger partial charge < -0.3 is 39.8 Å². The smallest absolute Gasteiger partial charge is 0.327 e. The fourth-order valence-electron chi connectivity index (χ4n) is 8.44. The topological polar surface area (TPSA) is 182 Å². The maximum atomic E-state index is 14.9. The third kappa shape index (κ3) is 7.33. The van der Waals surface area contributed by atoms with Crippen molar-refractivity contribution >= 4 is 46.3 Å². The SMILES string of the molecule is C[C@H](O)[C@@H](NC(=O)[C@@]12C[C@H]3OC(=O)[C@@H]1N(Cc1cccc(I)c1)O[C@@H]2[C@H]1OC2(Cc4ccccc4C2)O[C@H]13)C(=O)N[C@H](CO)CCC(=O)OC(C)(C)C. The Morgan fingerprint density at radius 1 is 1.06 bits per heavy atom. The summed E-state index contributed by atoms with van der Waals surface area (Å²) in [7, 11) is 0. The number of aliphatic hydroxyl groups is 2. The average molecular weight is 848 g/mol. The molecule has 2 amide bonds. The Labute approximate surface area is 321 Å². The Morgan fingerprint density at radius 2 is 1.75 bits per heavy atom. The van der Waals surface area contributed by atoms with Crippen LogP contribution in [-0.2, 0) is 62.3 Å². The number of halogens is 1. The average Bonchev–Trinajstić information content (AvgIpc) is 3.75. The number of hydroxylamine groups is 2. The molecular formula is C38H46IN3O11. The third-order valence-electron chi connectivity index (χ3n) is 10.7. The summed E-state index contributed by atoms with van der Waals surface area (Å²) in [6.45, 7) is 6.23. The number of hydrogen-bond acceptors (Lipinski definition) is 12. The van der Waals surface area contributed by atoms with Gasteiger partial charge in [0.15, 0.2) is 11.8 Å². The summed E-state index contributed by atoms with van der Waals surface area (Å²) in [5, 5.41) is 27.7. The van der Waals surface area contributed by atoms with Crippen LogP contribution in [0.3, 0.4) is 0 Å². The molecule has 286 valence electrons. The molecule has 2 bridgehead atoms. The zero-order valence-electron chi connectivity index (χ0n) is 30.1. The molecule has 7 rings (SSSR count). The predicted octanol–water partition coefficient (Wildman–Crippen LogP) is 1.83. The zero-order chi connectivity index (χ0) is 37.9. The molecule has 0 radical (unpaired) electrons. The number of hydrogen-bond donors (Lipinski definition) is 4. The van der Waals surface area contributed by atoms with Crippen molar-refractivity contribution in [1.29, 1.82) is 0 Å². The molecular weight excluding hydrogens is 801 g/mol. The van der Waals surface area contributed by atoms with Crippen LogP contribution in [0.15, 0.2) is 48.5 Å². The molecule has 4 fully saturated rings. The number of rotatable bonds is 11. The predicted molar refractivity (Wildman–Crippen MR) is 194 cm³/mol. The van der Waals surface area contributed by atoms with Crippen molar-refractivity contribution in [2.75, 3.05) is 6.61 Å². The number of fused-ring (bicyclic) bond motifs is 5. The van der Waals surface area contributed by atoms with Crippen molar-refractivity contribution in [3.63, 3.8) is 0 Å². The molecule has 4 N–H and O–H groups in total. The fraction of sp³-hybridized carbons (Fsp3) is 0.579. The lowest BCUT2D eigenvalue weighted by molar-refractivity contribution is -0.217. The van der Waals surface area contributed by atoms with E-state index in [1.165, 1.54) is 12.0 Å². The van der Waals surface area contributed by atoms with Crippen molar-refractivity contribution in [2.24, 2.45) is 5.41 Å². The standard InChI is InChI=1S/C38H46IN3O11/c1-20(44)28(33(46)40-25(19-43)12-13-27(45)50-36(2,3)4)41-35(48)38-17-26-29-30(52-37(51-29)15-22-9-5-6-10-23(22)16-37)32(38)53-42(31(38)34(47)49-26)18-21-8-7-11-24(39)14-21/h5-11,14,20,25-26,28-32,43-44H,12-13,15-19H2,1-4H3,(H,40,46)(H,41,48)/t20-,25-,26+,28+,29-,30-,31-,32+,38-/m0/s1. The first kappa shape index (κ1) is 38.1. The first-order valence-corrected chi connectivity index (χ1v) is 19.1.